The fraction of sp³-hybridized carbons (Fsp3) is 0.706. The number of hydrogen-bond donors (Lipinski definition) is 1. The molecule has 0 unspecified atom stereocenters. The lowest BCUT2D eigenvalue weighted by atomic mass is 9.70. The second-order valence-electron chi connectivity index (χ2n) is 6.55. The summed E-state index contributed by atoms with van der Waals surface area (Å²) in [5.74, 6) is 0.880. The maximum absolute atomic E-state index is 6.14. The SMILES string of the molecule is CCN(Cc1ccncc1)CC1(CN)CCC(C)CC1. The number of nitrogens with two attached hydrogens (primary N) is 1. The standard InChI is InChI=1S/C17H29N3/c1-3-20(12-16-6-10-19-11-7-16)14-17(13-18)8-4-15(2)5-9-17/h6-7,10-11,15H,3-5,8-9,12-14,18H2,1-2H3. The highest BCUT2D eigenvalue weighted by atomic mass is 15.1. The predicted octanol–water partition coefficient (Wildman–Crippen LogP) is 3.06. The van der Waals surface area contributed by atoms with Crippen LogP contribution in [0.1, 0.15) is 45.1 Å². The van der Waals surface area contributed by atoms with Crippen molar-refractivity contribution < 1.29 is 0 Å². The number of pyridine rings is 1. The van der Waals surface area contributed by atoms with Crippen molar-refractivity contribution in [3.8, 4) is 0 Å². The molecule has 3 nitrogen and oxygen atoms in total. The molecule has 0 aliphatic heterocycles. The van der Waals surface area contributed by atoms with E-state index in [0.29, 0.717) is 5.41 Å². The molecule has 0 radical (unpaired) electrons. The summed E-state index contributed by atoms with van der Waals surface area (Å²) in [6.07, 6.45) is 9.01. The van der Waals surface area contributed by atoms with E-state index in [0.717, 1.165) is 32.1 Å². The van der Waals surface area contributed by atoms with Crippen molar-refractivity contribution in [1.82, 2.24) is 9.88 Å². The van der Waals surface area contributed by atoms with Gasteiger partial charge in [0.2, 0.25) is 0 Å². The fourth-order valence-electron chi connectivity index (χ4n) is 3.30. The zero-order valence-electron chi connectivity index (χ0n) is 13.0. The van der Waals surface area contributed by atoms with Crippen LogP contribution in [-0.2, 0) is 6.54 Å². The maximum Gasteiger partial charge on any atom is 0.0271 e. The molecule has 20 heavy (non-hydrogen) atoms. The zero-order chi connectivity index (χ0) is 14.4. The lowest BCUT2D eigenvalue weighted by Gasteiger charge is -2.42. The molecule has 2 rings (SSSR count). The first kappa shape index (κ1) is 15.5. The Morgan fingerprint density at radius 3 is 2.50 bits per heavy atom. The summed E-state index contributed by atoms with van der Waals surface area (Å²) >= 11 is 0. The summed E-state index contributed by atoms with van der Waals surface area (Å²) in [5.41, 5.74) is 7.83. The molecule has 0 amide bonds. The number of rotatable bonds is 6. The van der Waals surface area contributed by atoms with Crippen LogP contribution in [0.3, 0.4) is 0 Å². The van der Waals surface area contributed by atoms with E-state index in [-0.39, 0.29) is 0 Å². The third-order valence-electron chi connectivity index (χ3n) is 4.93. The van der Waals surface area contributed by atoms with Gasteiger partial charge in [0.1, 0.15) is 0 Å². The van der Waals surface area contributed by atoms with E-state index in [9.17, 15) is 0 Å². The van der Waals surface area contributed by atoms with Crippen LogP contribution in [0.5, 0.6) is 0 Å². The topological polar surface area (TPSA) is 42.2 Å². The molecule has 0 spiro atoms. The number of nitrogens with zero attached hydrogens (tertiary/aromatic N) is 2. The van der Waals surface area contributed by atoms with Crippen LogP contribution in [0.25, 0.3) is 0 Å². The minimum absolute atomic E-state index is 0.343. The van der Waals surface area contributed by atoms with Crippen molar-refractivity contribution in [1.29, 1.82) is 0 Å². The third kappa shape index (κ3) is 4.03. The van der Waals surface area contributed by atoms with Gasteiger partial charge in [-0.25, -0.2) is 0 Å². The summed E-state index contributed by atoms with van der Waals surface area (Å²) in [5, 5.41) is 0. The van der Waals surface area contributed by atoms with Gasteiger partial charge in [0.25, 0.3) is 0 Å². The molecule has 0 saturated heterocycles. The lowest BCUT2D eigenvalue weighted by Crippen LogP contribution is -2.44. The van der Waals surface area contributed by atoms with Gasteiger partial charge in [-0.1, -0.05) is 26.7 Å². The summed E-state index contributed by atoms with van der Waals surface area (Å²) in [4.78, 5) is 6.63. The summed E-state index contributed by atoms with van der Waals surface area (Å²) in [6.45, 7) is 8.67. The molecule has 0 aromatic carbocycles. The Morgan fingerprint density at radius 1 is 1.30 bits per heavy atom. The Hall–Kier alpha value is -0.930. The van der Waals surface area contributed by atoms with E-state index in [1.807, 2.05) is 12.4 Å². The van der Waals surface area contributed by atoms with Gasteiger partial charge < -0.3 is 5.73 Å². The smallest absolute Gasteiger partial charge is 0.0271 e. The van der Waals surface area contributed by atoms with Gasteiger partial charge >= 0.3 is 0 Å². The van der Waals surface area contributed by atoms with E-state index < -0.39 is 0 Å². The Kier molecular flexibility index (Phi) is 5.55. The Bertz CT molecular complexity index is 382. The molecular weight excluding hydrogens is 246 g/mol. The van der Waals surface area contributed by atoms with Crippen LogP contribution in [0.15, 0.2) is 24.5 Å². The van der Waals surface area contributed by atoms with Crippen LogP contribution in [0.4, 0.5) is 0 Å². The third-order valence-corrected chi connectivity index (χ3v) is 4.93. The Labute approximate surface area is 123 Å². The molecule has 3 heteroatoms. The molecule has 1 heterocycles. The van der Waals surface area contributed by atoms with Crippen molar-refractivity contribution in [2.24, 2.45) is 17.1 Å². The monoisotopic (exact) mass is 275 g/mol. The van der Waals surface area contributed by atoms with Crippen molar-refractivity contribution in [2.45, 2.75) is 46.1 Å². The fourth-order valence-corrected chi connectivity index (χ4v) is 3.30. The van der Waals surface area contributed by atoms with Crippen molar-refractivity contribution >= 4 is 0 Å². The van der Waals surface area contributed by atoms with Gasteiger partial charge in [-0.3, -0.25) is 9.88 Å². The van der Waals surface area contributed by atoms with Gasteiger partial charge in [-0.2, -0.15) is 0 Å². The largest absolute Gasteiger partial charge is 0.330 e. The average Bonchev–Trinajstić information content (AvgIpc) is 2.50. The van der Waals surface area contributed by atoms with Crippen LogP contribution in [-0.4, -0.2) is 29.5 Å². The average molecular weight is 275 g/mol. The molecule has 1 aliphatic carbocycles. The van der Waals surface area contributed by atoms with E-state index in [2.05, 4.69) is 35.9 Å². The second-order valence-corrected chi connectivity index (χ2v) is 6.55. The van der Waals surface area contributed by atoms with Crippen molar-refractivity contribution in [3.05, 3.63) is 30.1 Å². The predicted molar refractivity (Wildman–Crippen MR) is 84.3 cm³/mol. The summed E-state index contributed by atoms with van der Waals surface area (Å²) < 4.78 is 0. The highest BCUT2D eigenvalue weighted by molar-refractivity contribution is 5.09. The molecule has 1 aliphatic rings. The zero-order valence-corrected chi connectivity index (χ0v) is 13.0. The van der Waals surface area contributed by atoms with Gasteiger partial charge in [0.15, 0.2) is 0 Å². The van der Waals surface area contributed by atoms with Crippen LogP contribution >= 0.6 is 0 Å². The van der Waals surface area contributed by atoms with Gasteiger partial charge in [-0.05, 0) is 55.0 Å². The maximum atomic E-state index is 6.14. The quantitative estimate of drug-likeness (QED) is 0.867. The second kappa shape index (κ2) is 7.19. The van der Waals surface area contributed by atoms with Gasteiger partial charge in [0, 0.05) is 25.5 Å². The van der Waals surface area contributed by atoms with Crippen LogP contribution in [0.2, 0.25) is 0 Å². The Balaban J connectivity index is 1.97. The first-order valence-electron chi connectivity index (χ1n) is 7.99. The van der Waals surface area contributed by atoms with Gasteiger partial charge in [0.05, 0.1) is 0 Å². The molecular formula is C17H29N3. The first-order valence-corrected chi connectivity index (χ1v) is 7.99. The highest BCUT2D eigenvalue weighted by Crippen LogP contribution is 2.38. The van der Waals surface area contributed by atoms with Crippen molar-refractivity contribution in [2.75, 3.05) is 19.6 Å². The lowest BCUT2D eigenvalue weighted by molar-refractivity contribution is 0.0937. The molecule has 1 fully saturated rings. The van der Waals surface area contributed by atoms with Crippen LogP contribution in [0, 0.1) is 11.3 Å². The normalized spacial score (nSPS) is 26.9. The highest BCUT2D eigenvalue weighted by Gasteiger charge is 2.34. The molecule has 2 N–H and O–H groups in total. The summed E-state index contributed by atoms with van der Waals surface area (Å²) in [7, 11) is 0. The molecule has 0 bridgehead atoms. The van der Waals surface area contributed by atoms with E-state index in [4.69, 9.17) is 5.73 Å². The summed E-state index contributed by atoms with van der Waals surface area (Å²) in [6, 6.07) is 4.22. The molecule has 1 saturated carbocycles. The molecule has 1 aromatic heterocycles. The van der Waals surface area contributed by atoms with E-state index >= 15 is 0 Å². The van der Waals surface area contributed by atoms with E-state index in [1.54, 1.807) is 0 Å². The Morgan fingerprint density at radius 2 is 1.95 bits per heavy atom. The molecule has 0 atom stereocenters. The van der Waals surface area contributed by atoms with Gasteiger partial charge in [-0.15, -0.1) is 0 Å². The van der Waals surface area contributed by atoms with Crippen molar-refractivity contribution in [3.63, 3.8) is 0 Å². The minimum atomic E-state index is 0.343. The van der Waals surface area contributed by atoms with Crippen LogP contribution < -0.4 is 5.73 Å². The number of aromatic nitrogens is 1. The first-order chi connectivity index (χ1) is 9.67. The number of hydrogen-bond acceptors (Lipinski definition) is 3. The molecule has 1 aromatic rings. The minimum Gasteiger partial charge on any atom is -0.330 e. The molecule has 112 valence electrons. The van der Waals surface area contributed by atoms with E-state index in [1.165, 1.54) is 31.2 Å².